The minimum Gasteiger partial charge on any atom is -0.156 e. The molecule has 34 heavy (non-hydrogen) atoms. The normalized spacial score (nSPS) is 19.9. The smallest absolute Gasteiger partial charge is 0.0179 e. The van der Waals surface area contributed by atoms with E-state index in [1.165, 1.54) is 57.7 Å². The molecule has 0 nitrogen and oxygen atoms in total. The van der Waals surface area contributed by atoms with Gasteiger partial charge in [0.15, 0.2) is 0 Å². The molecule has 2 heteroatoms. The van der Waals surface area contributed by atoms with Crippen molar-refractivity contribution in [1.82, 2.24) is 0 Å². The summed E-state index contributed by atoms with van der Waals surface area (Å²) < 4.78 is 0. The quantitative estimate of drug-likeness (QED) is 0.254. The molecular formula is C32H28S2. The number of thioether (sulfide) groups is 2. The van der Waals surface area contributed by atoms with Crippen LogP contribution in [0.1, 0.15) is 33.4 Å². The summed E-state index contributed by atoms with van der Waals surface area (Å²) in [7, 11) is 0. The molecule has 0 N–H and O–H groups in total. The van der Waals surface area contributed by atoms with Crippen molar-refractivity contribution in [3.8, 4) is 22.3 Å². The fourth-order valence-corrected chi connectivity index (χ4v) is 9.18. The Hall–Kier alpha value is -2.42. The summed E-state index contributed by atoms with van der Waals surface area (Å²) in [4.78, 5) is 0. The first-order chi connectivity index (χ1) is 16.8. The molecule has 4 aromatic rings. The molecule has 1 saturated heterocycles. The van der Waals surface area contributed by atoms with E-state index in [1.54, 1.807) is 22.3 Å². The predicted molar refractivity (Wildman–Crippen MR) is 149 cm³/mol. The highest BCUT2D eigenvalue weighted by Crippen LogP contribution is 2.42. The van der Waals surface area contributed by atoms with Crippen molar-refractivity contribution in [2.24, 2.45) is 0 Å². The lowest BCUT2D eigenvalue weighted by atomic mass is 9.98. The van der Waals surface area contributed by atoms with Gasteiger partial charge in [-0.2, -0.15) is 23.5 Å². The van der Waals surface area contributed by atoms with Gasteiger partial charge in [0.25, 0.3) is 0 Å². The Bertz CT molecular complexity index is 1270. The molecule has 3 aliphatic rings. The van der Waals surface area contributed by atoms with Crippen LogP contribution in [0.5, 0.6) is 0 Å². The minimum absolute atomic E-state index is 0.724. The summed E-state index contributed by atoms with van der Waals surface area (Å²) >= 11 is 4.43. The largest absolute Gasteiger partial charge is 0.156 e. The molecule has 0 aromatic heterocycles. The average molecular weight is 477 g/mol. The van der Waals surface area contributed by atoms with Crippen LogP contribution in [0, 0.1) is 0 Å². The van der Waals surface area contributed by atoms with Crippen LogP contribution in [0.2, 0.25) is 0 Å². The molecule has 4 aromatic carbocycles. The molecule has 2 unspecified atom stereocenters. The molecule has 2 atom stereocenters. The van der Waals surface area contributed by atoms with E-state index >= 15 is 0 Å². The molecule has 0 bridgehead atoms. The van der Waals surface area contributed by atoms with Gasteiger partial charge in [0.1, 0.15) is 0 Å². The monoisotopic (exact) mass is 476 g/mol. The maximum Gasteiger partial charge on any atom is 0.0179 e. The SMILES string of the molecule is c1ccc2c(c1)Cc1c(CC3CSC(Cc4cccc5c4Cc4ccccc4-5)CS3)cccc1-2. The molecule has 1 fully saturated rings. The highest BCUT2D eigenvalue weighted by atomic mass is 32.2. The second kappa shape index (κ2) is 8.66. The molecule has 7 rings (SSSR count). The molecule has 0 saturated carbocycles. The van der Waals surface area contributed by atoms with Gasteiger partial charge in [0, 0.05) is 22.0 Å². The van der Waals surface area contributed by atoms with Crippen molar-refractivity contribution in [2.75, 3.05) is 11.5 Å². The van der Waals surface area contributed by atoms with Gasteiger partial charge in [-0.1, -0.05) is 84.9 Å². The summed E-state index contributed by atoms with van der Waals surface area (Å²) in [5.74, 6) is 2.53. The van der Waals surface area contributed by atoms with E-state index in [2.05, 4.69) is 108 Å². The minimum atomic E-state index is 0.724. The van der Waals surface area contributed by atoms with Gasteiger partial charge in [-0.05, 0) is 81.3 Å². The third-order valence-electron chi connectivity index (χ3n) is 7.83. The Morgan fingerprint density at radius 2 is 0.941 bits per heavy atom. The first-order valence-electron chi connectivity index (χ1n) is 12.4. The number of benzene rings is 4. The Kier molecular flexibility index (Phi) is 5.33. The predicted octanol–water partition coefficient (Wildman–Crippen LogP) is 7.83. The Morgan fingerprint density at radius 3 is 1.41 bits per heavy atom. The van der Waals surface area contributed by atoms with E-state index in [9.17, 15) is 0 Å². The van der Waals surface area contributed by atoms with E-state index in [4.69, 9.17) is 0 Å². The first kappa shape index (κ1) is 20.9. The summed E-state index contributed by atoms with van der Waals surface area (Å²) in [6.07, 6.45) is 4.63. The van der Waals surface area contributed by atoms with Crippen LogP contribution >= 0.6 is 23.5 Å². The Labute approximate surface area is 211 Å². The third-order valence-corrected chi connectivity index (χ3v) is 11.0. The van der Waals surface area contributed by atoms with Crippen molar-refractivity contribution in [3.63, 3.8) is 0 Å². The van der Waals surface area contributed by atoms with E-state index in [-0.39, 0.29) is 0 Å². The molecule has 1 aliphatic heterocycles. The second-order valence-corrected chi connectivity index (χ2v) is 12.5. The molecule has 0 amide bonds. The van der Waals surface area contributed by atoms with Crippen molar-refractivity contribution in [2.45, 2.75) is 36.2 Å². The molecular weight excluding hydrogens is 448 g/mol. The standard InChI is InChI=1S/C32H28S2/c1-3-11-27-23(7-1)17-31-21(9-5-13-29(27)31)15-25-19-34-26(20-33-25)16-22-10-6-14-30-28-12-4-2-8-24(28)18-32(22)30/h1-14,25-26H,15-20H2. The third kappa shape index (κ3) is 3.63. The van der Waals surface area contributed by atoms with Gasteiger partial charge in [-0.3, -0.25) is 0 Å². The van der Waals surface area contributed by atoms with E-state index in [0.29, 0.717) is 0 Å². The van der Waals surface area contributed by atoms with Crippen LogP contribution in [0.15, 0.2) is 84.9 Å². The van der Waals surface area contributed by atoms with E-state index in [1.807, 2.05) is 0 Å². The van der Waals surface area contributed by atoms with Crippen LogP contribution in [0.4, 0.5) is 0 Å². The zero-order valence-electron chi connectivity index (χ0n) is 19.3. The molecule has 168 valence electrons. The van der Waals surface area contributed by atoms with Gasteiger partial charge in [0.05, 0.1) is 0 Å². The molecule has 2 aliphatic carbocycles. The molecule has 0 radical (unpaired) electrons. The zero-order chi connectivity index (χ0) is 22.5. The lowest BCUT2D eigenvalue weighted by Gasteiger charge is -2.29. The highest BCUT2D eigenvalue weighted by molar-refractivity contribution is 8.07. The highest BCUT2D eigenvalue weighted by Gasteiger charge is 2.27. The fourth-order valence-electron chi connectivity index (χ4n) is 6.14. The number of fused-ring (bicyclic) bond motifs is 6. The molecule has 0 spiro atoms. The molecule has 1 heterocycles. The topological polar surface area (TPSA) is 0 Å². The van der Waals surface area contributed by atoms with Crippen molar-refractivity contribution < 1.29 is 0 Å². The van der Waals surface area contributed by atoms with Crippen LogP contribution in [-0.4, -0.2) is 22.0 Å². The maximum atomic E-state index is 2.38. The zero-order valence-corrected chi connectivity index (χ0v) is 20.9. The Balaban J connectivity index is 1.03. The maximum absolute atomic E-state index is 2.38. The van der Waals surface area contributed by atoms with Crippen molar-refractivity contribution >= 4 is 23.5 Å². The van der Waals surface area contributed by atoms with Gasteiger partial charge >= 0.3 is 0 Å². The average Bonchev–Trinajstić information content (AvgIpc) is 3.45. The van der Waals surface area contributed by atoms with Crippen molar-refractivity contribution in [3.05, 3.63) is 118 Å². The fraction of sp³-hybridized carbons (Fsp3) is 0.250. The number of hydrogen-bond donors (Lipinski definition) is 0. The summed E-state index contributed by atoms with van der Waals surface area (Å²) in [6, 6.07) is 31.8. The van der Waals surface area contributed by atoms with Gasteiger partial charge in [0.2, 0.25) is 0 Å². The van der Waals surface area contributed by atoms with E-state index < -0.39 is 0 Å². The van der Waals surface area contributed by atoms with E-state index in [0.717, 1.165) is 23.3 Å². The summed E-state index contributed by atoms with van der Waals surface area (Å²) in [5.41, 5.74) is 15.1. The van der Waals surface area contributed by atoms with Crippen LogP contribution < -0.4 is 0 Å². The van der Waals surface area contributed by atoms with Crippen LogP contribution in [-0.2, 0) is 25.7 Å². The van der Waals surface area contributed by atoms with Crippen molar-refractivity contribution in [1.29, 1.82) is 0 Å². The number of rotatable bonds is 4. The lowest BCUT2D eigenvalue weighted by Crippen LogP contribution is -2.25. The lowest BCUT2D eigenvalue weighted by molar-refractivity contribution is 0.883. The first-order valence-corrected chi connectivity index (χ1v) is 14.5. The van der Waals surface area contributed by atoms with Gasteiger partial charge in [-0.15, -0.1) is 0 Å². The Morgan fingerprint density at radius 1 is 0.500 bits per heavy atom. The summed E-state index contributed by atoms with van der Waals surface area (Å²) in [6.45, 7) is 0. The summed E-state index contributed by atoms with van der Waals surface area (Å²) in [5, 5.41) is 1.45. The van der Waals surface area contributed by atoms with Gasteiger partial charge in [-0.25, -0.2) is 0 Å². The van der Waals surface area contributed by atoms with Crippen LogP contribution in [0.25, 0.3) is 22.3 Å². The number of hydrogen-bond acceptors (Lipinski definition) is 2. The van der Waals surface area contributed by atoms with Gasteiger partial charge < -0.3 is 0 Å². The second-order valence-electron chi connectivity index (χ2n) is 9.87. The van der Waals surface area contributed by atoms with Crippen LogP contribution in [0.3, 0.4) is 0 Å².